The van der Waals surface area contributed by atoms with Crippen LogP contribution in [0.3, 0.4) is 0 Å². The van der Waals surface area contributed by atoms with Crippen molar-refractivity contribution in [3.63, 3.8) is 0 Å². The largest absolute Gasteiger partial charge is 0.366 e. The van der Waals surface area contributed by atoms with E-state index in [2.05, 4.69) is 6.58 Å². The Balaban J connectivity index is 2.32. The molecule has 2 atom stereocenters. The Morgan fingerprint density at radius 3 is 2.42 bits per heavy atom. The average molecular weight is 354 g/mol. The molecule has 0 aromatic rings. The van der Waals surface area contributed by atoms with Gasteiger partial charge in [-0.15, -0.1) is 0 Å². The van der Waals surface area contributed by atoms with E-state index in [9.17, 15) is 9.59 Å². The lowest BCUT2D eigenvalue weighted by Crippen LogP contribution is -2.56. The lowest BCUT2D eigenvalue weighted by Gasteiger charge is -2.53. The van der Waals surface area contributed by atoms with Crippen LogP contribution in [0.25, 0.3) is 0 Å². The van der Waals surface area contributed by atoms with Crippen LogP contribution in [0.15, 0.2) is 58.7 Å². The summed E-state index contributed by atoms with van der Waals surface area (Å²) in [6, 6.07) is 0. The molecule has 4 nitrogen and oxygen atoms in total. The molecule has 0 aromatic heterocycles. The minimum absolute atomic E-state index is 0.00218. The predicted molar refractivity (Wildman–Crippen MR) is 101 cm³/mol. The molecule has 0 saturated heterocycles. The fourth-order valence-electron chi connectivity index (χ4n) is 4.62. The van der Waals surface area contributed by atoms with Gasteiger partial charge in [0, 0.05) is 24.4 Å². The van der Waals surface area contributed by atoms with Crippen LogP contribution in [0, 0.1) is 0 Å². The third-order valence-corrected chi connectivity index (χ3v) is 5.75. The summed E-state index contributed by atoms with van der Waals surface area (Å²) in [7, 11) is 0. The van der Waals surface area contributed by atoms with Crippen LogP contribution in [0.1, 0.15) is 40.5 Å². The smallest absolute Gasteiger partial charge is 0.182 e. The Kier molecular flexibility index (Phi) is 4.76. The first-order valence-corrected chi connectivity index (χ1v) is 9.20. The number of hydrogen-bond acceptors (Lipinski definition) is 4. The maximum atomic E-state index is 12.7. The summed E-state index contributed by atoms with van der Waals surface area (Å²) in [5.74, 6) is -0.0638. The molecular weight excluding hydrogens is 328 g/mol. The number of hydrogen-bond donors (Lipinski definition) is 0. The maximum Gasteiger partial charge on any atom is 0.182 e. The number of carbonyl (C=O) groups excluding carboxylic acids is 2. The van der Waals surface area contributed by atoms with Gasteiger partial charge in [0.05, 0.1) is 0 Å². The summed E-state index contributed by atoms with van der Waals surface area (Å²) in [6.07, 6.45) is 8.06. The van der Waals surface area contributed by atoms with Gasteiger partial charge in [-0.05, 0) is 75.5 Å². The molecule has 138 valence electrons. The van der Waals surface area contributed by atoms with Crippen molar-refractivity contribution >= 4 is 11.6 Å². The molecule has 4 heteroatoms. The molecule has 0 N–H and O–H groups in total. The topological polar surface area (TPSA) is 52.6 Å². The van der Waals surface area contributed by atoms with Gasteiger partial charge in [-0.25, -0.2) is 0 Å². The Morgan fingerprint density at radius 2 is 1.81 bits per heavy atom. The first-order chi connectivity index (χ1) is 12.4. The summed E-state index contributed by atoms with van der Waals surface area (Å²) in [5, 5.41) is 0. The van der Waals surface area contributed by atoms with Gasteiger partial charge in [-0.1, -0.05) is 12.7 Å². The Bertz CT molecular complexity index is 808. The molecule has 3 aliphatic rings. The molecule has 1 fully saturated rings. The quantitative estimate of drug-likeness (QED) is 0.754. The van der Waals surface area contributed by atoms with Crippen molar-refractivity contribution in [3.8, 4) is 0 Å². The van der Waals surface area contributed by atoms with Crippen LogP contribution >= 0.6 is 0 Å². The number of fused-ring (bicyclic) bond motifs is 3. The van der Waals surface area contributed by atoms with Crippen LogP contribution in [0.2, 0.25) is 0 Å². The summed E-state index contributed by atoms with van der Waals surface area (Å²) >= 11 is 0. The fraction of sp³-hybridized carbons (Fsp3) is 0.455. The van der Waals surface area contributed by atoms with E-state index in [1.54, 1.807) is 24.3 Å². The van der Waals surface area contributed by atoms with Gasteiger partial charge in [0.2, 0.25) is 0 Å². The van der Waals surface area contributed by atoms with E-state index < -0.39 is 11.2 Å². The summed E-state index contributed by atoms with van der Waals surface area (Å²) in [4.78, 5) is 25.0. The normalized spacial score (nSPS) is 31.0. The molecule has 1 saturated carbocycles. The Labute approximate surface area is 154 Å². The predicted octanol–water partition coefficient (Wildman–Crippen LogP) is 3.80. The van der Waals surface area contributed by atoms with Crippen LogP contribution in [0.5, 0.6) is 0 Å². The standard InChI is InChI=1S/C22H26O4/c1-6-16-14(4)19(24)13-20-21(16,25-7-2)11-9-17-15(5)18(23)10-12-22(17,20)26-8-3/h6,10,12-13H,1,7-9,11H2,2-5H3. The van der Waals surface area contributed by atoms with Crippen molar-refractivity contribution in [2.75, 3.05) is 13.2 Å². The third-order valence-electron chi connectivity index (χ3n) is 5.75. The monoisotopic (exact) mass is 354 g/mol. The second-order valence-corrected chi connectivity index (χ2v) is 6.89. The molecule has 2 unspecified atom stereocenters. The lowest BCUT2D eigenvalue weighted by molar-refractivity contribution is -0.113. The minimum atomic E-state index is -0.912. The highest BCUT2D eigenvalue weighted by molar-refractivity contribution is 6.09. The summed E-state index contributed by atoms with van der Waals surface area (Å²) in [5.41, 5.74) is 2.20. The molecule has 0 spiro atoms. The van der Waals surface area contributed by atoms with Crippen LogP contribution in [-0.4, -0.2) is 36.0 Å². The minimum Gasteiger partial charge on any atom is -0.366 e. The molecule has 26 heavy (non-hydrogen) atoms. The van der Waals surface area contributed by atoms with E-state index >= 15 is 0 Å². The van der Waals surface area contributed by atoms with Gasteiger partial charge >= 0.3 is 0 Å². The third kappa shape index (κ3) is 2.36. The van der Waals surface area contributed by atoms with Crippen molar-refractivity contribution in [1.82, 2.24) is 0 Å². The number of allylic oxidation sites excluding steroid dienone is 4. The molecule has 3 rings (SSSR count). The lowest BCUT2D eigenvalue weighted by atomic mass is 9.59. The second kappa shape index (κ2) is 6.60. The Morgan fingerprint density at radius 1 is 1.12 bits per heavy atom. The number of rotatable bonds is 5. The SMILES string of the molecule is C=CC1=C(C)C(=O)C=C2C3(OCC)C=CC(=O)C(C)=C3CCC21OCC. The molecule has 0 bridgehead atoms. The molecule has 0 radical (unpaired) electrons. The molecule has 3 aliphatic carbocycles. The van der Waals surface area contributed by atoms with E-state index in [1.807, 2.05) is 27.7 Å². The number of ketones is 2. The molecule has 0 aliphatic heterocycles. The highest BCUT2D eigenvalue weighted by Gasteiger charge is 2.57. The van der Waals surface area contributed by atoms with Crippen molar-refractivity contribution in [2.24, 2.45) is 0 Å². The number of carbonyl (C=O) groups is 2. The highest BCUT2D eigenvalue weighted by atomic mass is 16.5. The van der Waals surface area contributed by atoms with Gasteiger partial charge in [0.1, 0.15) is 11.2 Å². The Hall–Kier alpha value is -2.04. The van der Waals surface area contributed by atoms with E-state index in [-0.39, 0.29) is 11.6 Å². The van der Waals surface area contributed by atoms with Crippen molar-refractivity contribution in [1.29, 1.82) is 0 Å². The van der Waals surface area contributed by atoms with E-state index in [1.165, 1.54) is 0 Å². The van der Waals surface area contributed by atoms with Crippen LogP contribution in [-0.2, 0) is 19.1 Å². The van der Waals surface area contributed by atoms with E-state index in [0.717, 1.165) is 16.7 Å². The van der Waals surface area contributed by atoms with E-state index in [4.69, 9.17) is 9.47 Å². The number of ether oxygens (including phenoxy) is 2. The van der Waals surface area contributed by atoms with E-state index in [0.29, 0.717) is 37.2 Å². The van der Waals surface area contributed by atoms with Crippen molar-refractivity contribution in [3.05, 3.63) is 58.7 Å². The van der Waals surface area contributed by atoms with Crippen LogP contribution < -0.4 is 0 Å². The second-order valence-electron chi connectivity index (χ2n) is 6.89. The van der Waals surface area contributed by atoms with Gasteiger partial charge in [-0.3, -0.25) is 9.59 Å². The van der Waals surface area contributed by atoms with Gasteiger partial charge in [-0.2, -0.15) is 0 Å². The average Bonchev–Trinajstić information content (AvgIpc) is 2.61. The van der Waals surface area contributed by atoms with Crippen molar-refractivity contribution in [2.45, 2.75) is 51.7 Å². The first-order valence-electron chi connectivity index (χ1n) is 9.20. The zero-order chi connectivity index (χ0) is 19.1. The van der Waals surface area contributed by atoms with Gasteiger partial charge in [0.15, 0.2) is 11.6 Å². The summed E-state index contributed by atoms with van der Waals surface area (Å²) < 4.78 is 12.6. The van der Waals surface area contributed by atoms with Gasteiger partial charge in [0.25, 0.3) is 0 Å². The van der Waals surface area contributed by atoms with Gasteiger partial charge < -0.3 is 9.47 Å². The van der Waals surface area contributed by atoms with Crippen molar-refractivity contribution < 1.29 is 19.1 Å². The van der Waals surface area contributed by atoms with Crippen LogP contribution in [0.4, 0.5) is 0 Å². The highest BCUT2D eigenvalue weighted by Crippen LogP contribution is 2.55. The zero-order valence-electron chi connectivity index (χ0n) is 16.0. The molecule has 0 amide bonds. The summed E-state index contributed by atoms with van der Waals surface area (Å²) in [6.45, 7) is 12.4. The molecular formula is C22H26O4. The molecule has 0 heterocycles. The fourth-order valence-corrected chi connectivity index (χ4v) is 4.62. The maximum absolute atomic E-state index is 12.7. The first kappa shape index (κ1) is 18.7. The molecule has 0 aromatic carbocycles. The zero-order valence-corrected chi connectivity index (χ0v) is 16.0.